The lowest BCUT2D eigenvalue weighted by Gasteiger charge is -2.09. The fraction of sp³-hybridized carbons (Fsp3) is 0.243. The van der Waals surface area contributed by atoms with Crippen LogP contribution in [0.4, 0.5) is 0 Å². The number of benzene rings is 4. The zero-order valence-corrected chi connectivity index (χ0v) is 26.2. The van der Waals surface area contributed by atoms with Gasteiger partial charge in [-0.05, 0) is 116 Å². The Labute approximate surface area is 268 Å². The van der Waals surface area contributed by atoms with Crippen LogP contribution in [0, 0.1) is 6.92 Å². The van der Waals surface area contributed by atoms with Crippen LogP contribution < -0.4 is 18.9 Å². The first-order valence-electron chi connectivity index (χ1n) is 15.4. The Morgan fingerprint density at radius 2 is 1.09 bits per heavy atom. The Morgan fingerprint density at radius 3 is 1.61 bits per heavy atom. The Kier molecular flexibility index (Phi) is 10.8. The van der Waals surface area contributed by atoms with E-state index in [4.69, 9.17) is 23.4 Å². The lowest BCUT2D eigenvalue weighted by molar-refractivity contribution is 0.0724. The Bertz CT molecular complexity index is 1740. The van der Waals surface area contributed by atoms with Crippen LogP contribution in [-0.4, -0.2) is 35.3 Å². The molecule has 0 aliphatic carbocycles. The molecule has 0 atom stereocenters. The minimum Gasteiger partial charge on any atom is -0.494 e. The van der Waals surface area contributed by atoms with Gasteiger partial charge in [0, 0.05) is 11.1 Å². The van der Waals surface area contributed by atoms with E-state index in [0.29, 0.717) is 64.5 Å². The van der Waals surface area contributed by atoms with E-state index in [1.165, 1.54) is 0 Å². The topological polar surface area (TPSA) is 110 Å². The van der Waals surface area contributed by atoms with Gasteiger partial charge in [-0.25, -0.2) is 9.59 Å². The number of nitrogens with zero attached hydrogens (tertiary/aromatic N) is 2. The van der Waals surface area contributed by atoms with Gasteiger partial charge in [0.05, 0.1) is 24.3 Å². The molecule has 1 heterocycles. The lowest BCUT2D eigenvalue weighted by atomic mass is 10.1. The molecule has 0 spiro atoms. The first-order valence-corrected chi connectivity index (χ1v) is 15.4. The SMILES string of the molecule is CCCCOc1ccc(C(=O)Oc2ccc(-c3nnc(-c4ccc(OC(=O)c5ccc(OCCCC)cc5)c(C)c4)o3)cc2)cc1. The number of hydrogen-bond donors (Lipinski definition) is 0. The highest BCUT2D eigenvalue weighted by Gasteiger charge is 2.16. The molecular weight excluding hydrogens is 584 g/mol. The second-order valence-electron chi connectivity index (χ2n) is 10.6. The second kappa shape index (κ2) is 15.5. The summed E-state index contributed by atoms with van der Waals surface area (Å²) in [5.41, 5.74) is 2.92. The highest BCUT2D eigenvalue weighted by Crippen LogP contribution is 2.29. The van der Waals surface area contributed by atoms with Crippen molar-refractivity contribution in [3.05, 3.63) is 108 Å². The molecular formula is C37H36N2O7. The highest BCUT2D eigenvalue weighted by atomic mass is 16.5. The van der Waals surface area contributed by atoms with Crippen LogP contribution in [0.25, 0.3) is 22.9 Å². The third-order valence-corrected chi connectivity index (χ3v) is 7.07. The molecule has 5 aromatic rings. The molecule has 46 heavy (non-hydrogen) atoms. The maximum atomic E-state index is 12.7. The molecule has 0 amide bonds. The van der Waals surface area contributed by atoms with E-state index in [1.807, 2.05) is 13.0 Å². The molecule has 0 saturated heterocycles. The summed E-state index contributed by atoms with van der Waals surface area (Å²) in [6.07, 6.45) is 4.06. The van der Waals surface area contributed by atoms with Crippen molar-refractivity contribution in [2.75, 3.05) is 13.2 Å². The summed E-state index contributed by atoms with van der Waals surface area (Å²) in [6.45, 7) is 7.33. The molecule has 0 N–H and O–H groups in total. The zero-order chi connectivity index (χ0) is 32.3. The van der Waals surface area contributed by atoms with Gasteiger partial charge in [-0.15, -0.1) is 10.2 Å². The largest absolute Gasteiger partial charge is 0.494 e. The maximum absolute atomic E-state index is 12.7. The molecule has 9 heteroatoms. The molecule has 4 aromatic carbocycles. The summed E-state index contributed by atoms with van der Waals surface area (Å²) in [5, 5.41) is 8.36. The average Bonchev–Trinajstić information content (AvgIpc) is 3.57. The molecule has 0 bridgehead atoms. The Hall–Kier alpha value is -5.44. The van der Waals surface area contributed by atoms with E-state index in [1.54, 1.807) is 84.9 Å². The van der Waals surface area contributed by atoms with E-state index in [0.717, 1.165) is 37.0 Å². The van der Waals surface area contributed by atoms with E-state index in [2.05, 4.69) is 24.0 Å². The number of carbonyl (C=O) groups excluding carboxylic acids is 2. The van der Waals surface area contributed by atoms with Gasteiger partial charge in [-0.2, -0.15) is 0 Å². The number of carbonyl (C=O) groups is 2. The minimum absolute atomic E-state index is 0.307. The van der Waals surface area contributed by atoms with Crippen LogP contribution in [0.5, 0.6) is 23.0 Å². The number of aryl methyl sites for hydroxylation is 1. The standard InChI is InChI=1S/C37H36N2O7/c1-4-6-22-42-30-15-10-27(11-16-30)36(40)44-32-19-8-26(9-20-32)34-38-39-35(46-34)29-14-21-33(25(3)24-29)45-37(41)28-12-17-31(18-13-28)43-23-7-5-2/h8-21,24H,4-7,22-23H2,1-3H3. The fourth-order valence-corrected chi connectivity index (χ4v) is 4.39. The van der Waals surface area contributed by atoms with Crippen molar-refractivity contribution in [3.63, 3.8) is 0 Å². The molecule has 0 aliphatic rings. The number of aromatic nitrogens is 2. The second-order valence-corrected chi connectivity index (χ2v) is 10.6. The third-order valence-electron chi connectivity index (χ3n) is 7.07. The molecule has 236 valence electrons. The monoisotopic (exact) mass is 620 g/mol. The summed E-state index contributed by atoms with van der Waals surface area (Å²) >= 11 is 0. The van der Waals surface area contributed by atoms with Crippen molar-refractivity contribution in [1.29, 1.82) is 0 Å². The van der Waals surface area contributed by atoms with Crippen molar-refractivity contribution >= 4 is 11.9 Å². The minimum atomic E-state index is -0.470. The molecule has 1 aromatic heterocycles. The van der Waals surface area contributed by atoms with Crippen molar-refractivity contribution in [1.82, 2.24) is 10.2 Å². The molecule has 0 aliphatic heterocycles. The van der Waals surface area contributed by atoms with E-state index in [-0.39, 0.29) is 0 Å². The van der Waals surface area contributed by atoms with Gasteiger partial charge >= 0.3 is 11.9 Å². The molecule has 0 radical (unpaired) electrons. The normalized spacial score (nSPS) is 10.8. The van der Waals surface area contributed by atoms with Crippen molar-refractivity contribution in [2.24, 2.45) is 0 Å². The Morgan fingerprint density at radius 1 is 0.609 bits per heavy atom. The molecule has 0 unspecified atom stereocenters. The van der Waals surface area contributed by atoms with Gasteiger partial charge in [-0.1, -0.05) is 26.7 Å². The van der Waals surface area contributed by atoms with Crippen LogP contribution in [0.3, 0.4) is 0 Å². The number of esters is 2. The summed E-state index contributed by atoms with van der Waals surface area (Å²) in [7, 11) is 0. The van der Waals surface area contributed by atoms with Crippen LogP contribution in [0.15, 0.2) is 95.4 Å². The highest BCUT2D eigenvalue weighted by molar-refractivity contribution is 5.92. The van der Waals surface area contributed by atoms with Gasteiger partial charge < -0.3 is 23.4 Å². The predicted molar refractivity (Wildman–Crippen MR) is 174 cm³/mol. The van der Waals surface area contributed by atoms with E-state index < -0.39 is 11.9 Å². The Balaban J connectivity index is 1.17. The van der Waals surface area contributed by atoms with Crippen LogP contribution in [-0.2, 0) is 0 Å². The van der Waals surface area contributed by atoms with E-state index >= 15 is 0 Å². The molecule has 5 rings (SSSR count). The summed E-state index contributed by atoms with van der Waals surface area (Å²) in [4.78, 5) is 25.3. The van der Waals surface area contributed by atoms with Crippen molar-refractivity contribution in [2.45, 2.75) is 46.5 Å². The molecule has 0 saturated carbocycles. The lowest BCUT2D eigenvalue weighted by Crippen LogP contribution is -2.09. The van der Waals surface area contributed by atoms with Crippen molar-refractivity contribution in [3.8, 4) is 45.9 Å². The number of hydrogen-bond acceptors (Lipinski definition) is 9. The fourth-order valence-electron chi connectivity index (χ4n) is 4.39. The van der Waals surface area contributed by atoms with Gasteiger partial charge in [0.1, 0.15) is 23.0 Å². The maximum Gasteiger partial charge on any atom is 0.343 e. The van der Waals surface area contributed by atoms with Gasteiger partial charge in [0.25, 0.3) is 0 Å². The van der Waals surface area contributed by atoms with E-state index in [9.17, 15) is 9.59 Å². The zero-order valence-electron chi connectivity index (χ0n) is 26.2. The van der Waals surface area contributed by atoms with Crippen LogP contribution in [0.2, 0.25) is 0 Å². The van der Waals surface area contributed by atoms with Crippen LogP contribution >= 0.6 is 0 Å². The number of ether oxygens (including phenoxy) is 4. The molecule has 0 fully saturated rings. The van der Waals surface area contributed by atoms with Gasteiger partial charge in [0.15, 0.2) is 0 Å². The number of rotatable bonds is 14. The average molecular weight is 621 g/mol. The first-order chi connectivity index (χ1) is 22.4. The van der Waals surface area contributed by atoms with Gasteiger partial charge in [0.2, 0.25) is 11.8 Å². The van der Waals surface area contributed by atoms with Gasteiger partial charge in [-0.3, -0.25) is 0 Å². The third kappa shape index (κ3) is 8.38. The smallest absolute Gasteiger partial charge is 0.343 e. The predicted octanol–water partition coefficient (Wildman–Crippen LogP) is 8.51. The first kappa shape index (κ1) is 32.0. The molecule has 9 nitrogen and oxygen atoms in total. The van der Waals surface area contributed by atoms with Crippen LogP contribution in [0.1, 0.15) is 65.8 Å². The van der Waals surface area contributed by atoms with Crippen molar-refractivity contribution < 1.29 is 33.0 Å². The quantitative estimate of drug-likeness (QED) is 0.0685. The summed E-state index contributed by atoms with van der Waals surface area (Å²) < 4.78 is 28.4. The summed E-state index contributed by atoms with van der Waals surface area (Å²) in [6, 6.07) is 25.9. The number of unbranched alkanes of at least 4 members (excludes halogenated alkanes) is 2. The summed E-state index contributed by atoms with van der Waals surface area (Å²) in [5.74, 6) is 1.93.